The third-order valence-electron chi connectivity index (χ3n) is 15.2. The van der Waals surface area contributed by atoms with Crippen LogP contribution in [0.25, 0.3) is 0 Å². The Morgan fingerprint density at radius 2 is 0.762 bits per heavy atom. The lowest BCUT2D eigenvalue weighted by atomic mass is 10.0. The Morgan fingerprint density at radius 1 is 0.438 bits per heavy atom. The van der Waals surface area contributed by atoms with Gasteiger partial charge < -0.3 is 28.5 Å². The molecule has 1 amide bonds. The molecule has 0 saturated heterocycles. The molecule has 0 bridgehead atoms. The van der Waals surface area contributed by atoms with Crippen LogP contribution in [-0.4, -0.2) is 69.4 Å². The van der Waals surface area contributed by atoms with Crippen LogP contribution < -0.4 is 10.2 Å². The van der Waals surface area contributed by atoms with Gasteiger partial charge in [0.2, 0.25) is 5.91 Å². The standard InChI is InChI=1S/C70H131N2O7P/c1-7-10-13-16-19-22-25-28-30-32-34-35-36-37-39-41-43-45-48-51-54-57-60-63-70(74)79-68(61-58-55-52-49-46-27-24-21-18-15-12-9-3)67(66-78-80(75,76)77-65-64-72(4,5)6)71-69(73)62-59-56-53-50-47-44-42-40-38-33-31-29-26-23-20-17-14-11-8-2/h20,23,28-31,38,40,58,61,67-68H,7-19,21-22,24-27,32-37,39,41-57,59-60,62-66H2,1-6H3,(H-,71,73,75,76)/b23-20-,30-28+,31-29-,40-38-,61-58+. The normalized spacial score (nSPS) is 13.9. The number of unbranched alkanes of at least 4 members (excludes halogenated alkanes) is 38. The van der Waals surface area contributed by atoms with Gasteiger partial charge in [-0.25, -0.2) is 0 Å². The van der Waals surface area contributed by atoms with Gasteiger partial charge in [0.15, 0.2) is 0 Å². The minimum atomic E-state index is -4.71. The number of carbonyl (C=O) groups excluding carboxylic acids is 2. The first kappa shape index (κ1) is 77.7. The number of carbonyl (C=O) groups is 2. The number of hydrogen-bond acceptors (Lipinski definition) is 7. The van der Waals surface area contributed by atoms with E-state index >= 15 is 0 Å². The van der Waals surface area contributed by atoms with E-state index in [4.69, 9.17) is 13.8 Å². The van der Waals surface area contributed by atoms with Gasteiger partial charge in [0, 0.05) is 12.8 Å². The molecule has 0 aromatic carbocycles. The highest BCUT2D eigenvalue weighted by atomic mass is 31.2. The summed E-state index contributed by atoms with van der Waals surface area (Å²) < 4.78 is 30.4. The van der Waals surface area contributed by atoms with Gasteiger partial charge in [-0.15, -0.1) is 0 Å². The van der Waals surface area contributed by atoms with Crippen molar-refractivity contribution in [3.63, 3.8) is 0 Å². The Kier molecular flexibility index (Phi) is 58.1. The first-order valence-electron chi connectivity index (χ1n) is 34.1. The molecular formula is C70H131N2O7P. The van der Waals surface area contributed by atoms with Crippen LogP contribution in [0.5, 0.6) is 0 Å². The average Bonchev–Trinajstić information content (AvgIpc) is 3.42. The lowest BCUT2D eigenvalue weighted by Gasteiger charge is -2.30. The van der Waals surface area contributed by atoms with Crippen LogP contribution in [0.3, 0.4) is 0 Å². The van der Waals surface area contributed by atoms with Gasteiger partial charge in [0.1, 0.15) is 19.3 Å². The van der Waals surface area contributed by atoms with Crippen molar-refractivity contribution in [2.75, 3.05) is 40.9 Å². The van der Waals surface area contributed by atoms with Crippen molar-refractivity contribution in [3.8, 4) is 0 Å². The second-order valence-electron chi connectivity index (χ2n) is 24.3. The van der Waals surface area contributed by atoms with Crippen molar-refractivity contribution in [1.82, 2.24) is 5.32 Å². The molecular weight excluding hydrogens is 1010 g/mol. The van der Waals surface area contributed by atoms with Crippen LogP contribution in [0.15, 0.2) is 60.8 Å². The summed E-state index contributed by atoms with van der Waals surface area (Å²) in [6.45, 7) is 6.83. The molecule has 0 heterocycles. The molecule has 0 saturated carbocycles. The van der Waals surface area contributed by atoms with E-state index in [9.17, 15) is 19.0 Å². The van der Waals surface area contributed by atoms with E-state index < -0.39 is 26.6 Å². The first-order chi connectivity index (χ1) is 38.9. The maximum absolute atomic E-state index is 13.6. The van der Waals surface area contributed by atoms with Crippen molar-refractivity contribution in [1.29, 1.82) is 0 Å². The summed E-state index contributed by atoms with van der Waals surface area (Å²) in [4.78, 5) is 40.1. The highest BCUT2D eigenvalue weighted by Crippen LogP contribution is 2.38. The minimum absolute atomic E-state index is 0.0254. The van der Waals surface area contributed by atoms with Crippen molar-refractivity contribution in [2.24, 2.45) is 0 Å². The molecule has 9 nitrogen and oxygen atoms in total. The van der Waals surface area contributed by atoms with Crippen molar-refractivity contribution < 1.29 is 37.3 Å². The fraction of sp³-hybridized carbons (Fsp3) is 0.829. The lowest BCUT2D eigenvalue weighted by Crippen LogP contribution is -2.47. The number of phosphoric ester groups is 1. The second-order valence-corrected chi connectivity index (χ2v) is 25.7. The summed E-state index contributed by atoms with van der Waals surface area (Å²) in [5.74, 6) is -0.546. The molecule has 0 radical (unpaired) electrons. The van der Waals surface area contributed by atoms with E-state index in [2.05, 4.69) is 74.7 Å². The van der Waals surface area contributed by atoms with Gasteiger partial charge >= 0.3 is 5.97 Å². The molecule has 0 aromatic heterocycles. The van der Waals surface area contributed by atoms with Gasteiger partial charge in [-0.1, -0.05) is 275 Å². The molecule has 468 valence electrons. The van der Waals surface area contributed by atoms with Gasteiger partial charge in [0.05, 0.1) is 33.8 Å². The number of amides is 1. The van der Waals surface area contributed by atoms with Gasteiger partial charge in [-0.05, 0) is 96.0 Å². The number of likely N-dealkylation sites (N-methyl/N-ethyl adjacent to an activating group) is 1. The zero-order valence-corrected chi connectivity index (χ0v) is 54.4. The molecule has 0 rings (SSSR count). The number of ether oxygens (including phenoxy) is 1. The molecule has 0 aliphatic heterocycles. The molecule has 1 N–H and O–H groups in total. The van der Waals surface area contributed by atoms with Crippen LogP contribution >= 0.6 is 7.82 Å². The number of rotatable bonds is 62. The van der Waals surface area contributed by atoms with E-state index in [0.717, 1.165) is 96.3 Å². The third-order valence-corrected chi connectivity index (χ3v) is 16.1. The molecule has 0 aliphatic rings. The topological polar surface area (TPSA) is 114 Å². The summed E-state index contributed by atoms with van der Waals surface area (Å²) in [6, 6.07) is -0.896. The van der Waals surface area contributed by atoms with Gasteiger partial charge in [-0.3, -0.25) is 14.2 Å². The highest BCUT2D eigenvalue weighted by molar-refractivity contribution is 7.45. The number of nitrogens with one attached hydrogen (secondary N) is 1. The maximum Gasteiger partial charge on any atom is 0.306 e. The number of quaternary nitrogens is 1. The van der Waals surface area contributed by atoms with Gasteiger partial charge in [0.25, 0.3) is 7.82 Å². The molecule has 0 aromatic rings. The fourth-order valence-electron chi connectivity index (χ4n) is 9.88. The predicted molar refractivity (Wildman–Crippen MR) is 344 cm³/mol. The Morgan fingerprint density at radius 3 is 1.18 bits per heavy atom. The molecule has 3 atom stereocenters. The summed E-state index contributed by atoms with van der Waals surface area (Å²) in [6.07, 6.45) is 76.2. The van der Waals surface area contributed by atoms with E-state index in [1.165, 1.54) is 193 Å². The number of nitrogens with zero attached hydrogens (tertiary/aromatic N) is 1. The first-order valence-corrected chi connectivity index (χ1v) is 35.6. The summed E-state index contributed by atoms with van der Waals surface area (Å²) in [5.41, 5.74) is 0. The molecule has 0 spiro atoms. The van der Waals surface area contributed by atoms with Crippen LogP contribution in [0.1, 0.15) is 323 Å². The van der Waals surface area contributed by atoms with E-state index in [0.29, 0.717) is 17.4 Å². The number of phosphoric acid groups is 1. The van der Waals surface area contributed by atoms with Crippen LogP contribution in [0.4, 0.5) is 0 Å². The number of hydrogen-bond donors (Lipinski definition) is 1. The molecule has 80 heavy (non-hydrogen) atoms. The molecule has 0 aliphatic carbocycles. The largest absolute Gasteiger partial charge is 0.756 e. The zero-order chi connectivity index (χ0) is 58.6. The van der Waals surface area contributed by atoms with Crippen LogP contribution in [0, 0.1) is 0 Å². The van der Waals surface area contributed by atoms with Crippen LogP contribution in [-0.2, 0) is 27.9 Å². The maximum atomic E-state index is 13.6. The monoisotopic (exact) mass is 1140 g/mol. The van der Waals surface area contributed by atoms with Crippen LogP contribution in [0.2, 0.25) is 0 Å². The van der Waals surface area contributed by atoms with Crippen molar-refractivity contribution in [3.05, 3.63) is 60.8 Å². The SMILES string of the molecule is CCCCC/C=C\C/C=C\C/C=C\CCCCCCCCC(=O)NC(COP(=O)([O-])OCC[N+](C)(C)C)C(/C=C/CCCCCCCCCCCC)OC(=O)CCCCCCCCCCCCCCC/C=C/CCCCCCCC. The molecule has 10 heteroatoms. The van der Waals surface area contributed by atoms with E-state index in [1.54, 1.807) is 0 Å². The Bertz CT molecular complexity index is 1550. The van der Waals surface area contributed by atoms with E-state index in [-0.39, 0.29) is 24.9 Å². The molecule has 0 fully saturated rings. The third kappa shape index (κ3) is 60.3. The smallest absolute Gasteiger partial charge is 0.306 e. The van der Waals surface area contributed by atoms with Crippen molar-refractivity contribution in [2.45, 2.75) is 335 Å². The fourth-order valence-corrected chi connectivity index (χ4v) is 10.6. The lowest BCUT2D eigenvalue weighted by molar-refractivity contribution is -0.870. The Balaban J connectivity index is 5.14. The average molecular weight is 1140 g/mol. The highest BCUT2D eigenvalue weighted by Gasteiger charge is 2.27. The zero-order valence-electron chi connectivity index (χ0n) is 53.5. The van der Waals surface area contributed by atoms with Crippen molar-refractivity contribution >= 4 is 19.7 Å². The summed E-state index contributed by atoms with van der Waals surface area (Å²) in [5, 5.41) is 3.03. The number of esters is 1. The summed E-state index contributed by atoms with van der Waals surface area (Å²) >= 11 is 0. The van der Waals surface area contributed by atoms with Gasteiger partial charge in [-0.2, -0.15) is 0 Å². The summed E-state index contributed by atoms with van der Waals surface area (Å²) in [7, 11) is 1.18. The second kappa shape index (κ2) is 59.9. The number of allylic oxidation sites excluding steroid dienone is 9. The van der Waals surface area contributed by atoms with E-state index in [1.807, 2.05) is 33.3 Å². The quantitative estimate of drug-likeness (QED) is 0.0212. The minimum Gasteiger partial charge on any atom is -0.756 e. The Hall–Kier alpha value is -2.29. The molecule has 3 unspecified atom stereocenters. The Labute approximate surface area is 496 Å². The predicted octanol–water partition coefficient (Wildman–Crippen LogP) is 20.8.